The van der Waals surface area contributed by atoms with Gasteiger partial charge in [0, 0.05) is 17.4 Å². The molecule has 0 unspecified atom stereocenters. The minimum Gasteiger partial charge on any atom is -0.398 e. The van der Waals surface area contributed by atoms with Crippen LogP contribution in [0, 0.1) is 13.8 Å². The molecule has 1 aromatic carbocycles. The van der Waals surface area contributed by atoms with Gasteiger partial charge in [-0.3, -0.25) is 4.79 Å². The maximum atomic E-state index is 12.0. The molecule has 0 bridgehead atoms. The van der Waals surface area contributed by atoms with Crippen LogP contribution in [0.25, 0.3) is 0 Å². The number of aromatic nitrogens is 1. The molecule has 0 saturated heterocycles. The van der Waals surface area contributed by atoms with Crippen molar-refractivity contribution in [2.75, 3.05) is 11.1 Å². The second-order valence-corrected chi connectivity index (χ2v) is 4.25. The number of nitrogens with one attached hydrogen (secondary N) is 1. The number of anilines is 2. The van der Waals surface area contributed by atoms with Crippen molar-refractivity contribution in [3.63, 3.8) is 0 Å². The summed E-state index contributed by atoms with van der Waals surface area (Å²) in [6.07, 6.45) is 1.71. The summed E-state index contributed by atoms with van der Waals surface area (Å²) in [6, 6.07) is 8.90. The third kappa shape index (κ3) is 2.66. The van der Waals surface area contributed by atoms with E-state index in [1.807, 2.05) is 26.0 Å². The number of carbonyl (C=O) groups is 1. The van der Waals surface area contributed by atoms with Gasteiger partial charge in [0.25, 0.3) is 5.91 Å². The van der Waals surface area contributed by atoms with Crippen LogP contribution in [-0.4, -0.2) is 10.9 Å². The number of pyridine rings is 1. The van der Waals surface area contributed by atoms with Crippen molar-refractivity contribution in [2.45, 2.75) is 13.8 Å². The molecular formula is C14H15N3O. The average Bonchev–Trinajstić information content (AvgIpc) is 2.35. The highest BCUT2D eigenvalue weighted by Gasteiger charge is 2.07. The number of nitrogens with two attached hydrogens (primary N) is 1. The summed E-state index contributed by atoms with van der Waals surface area (Å²) in [5.41, 5.74) is 8.92. The van der Waals surface area contributed by atoms with E-state index in [-0.39, 0.29) is 5.91 Å². The van der Waals surface area contributed by atoms with E-state index in [0.29, 0.717) is 17.1 Å². The molecule has 2 rings (SSSR count). The summed E-state index contributed by atoms with van der Waals surface area (Å²) in [5, 5.41) is 2.73. The molecule has 4 heteroatoms. The molecular weight excluding hydrogens is 226 g/mol. The van der Waals surface area contributed by atoms with Crippen LogP contribution in [0.2, 0.25) is 0 Å². The van der Waals surface area contributed by atoms with Gasteiger partial charge in [0.2, 0.25) is 0 Å². The zero-order valence-electron chi connectivity index (χ0n) is 10.4. The van der Waals surface area contributed by atoms with Gasteiger partial charge < -0.3 is 11.1 Å². The number of amides is 1. The number of hydrogen-bond donors (Lipinski definition) is 2. The molecule has 0 aliphatic carbocycles. The van der Waals surface area contributed by atoms with Gasteiger partial charge >= 0.3 is 0 Å². The number of aryl methyl sites for hydroxylation is 2. The summed E-state index contributed by atoms with van der Waals surface area (Å²) < 4.78 is 0. The summed E-state index contributed by atoms with van der Waals surface area (Å²) in [6.45, 7) is 3.85. The topological polar surface area (TPSA) is 68.0 Å². The first-order valence-electron chi connectivity index (χ1n) is 5.66. The van der Waals surface area contributed by atoms with Crippen LogP contribution in [0.1, 0.15) is 21.5 Å². The van der Waals surface area contributed by atoms with Gasteiger partial charge in [0.1, 0.15) is 5.82 Å². The van der Waals surface area contributed by atoms with E-state index in [9.17, 15) is 4.79 Å². The number of nitrogen functional groups attached to an aromatic ring is 1. The molecule has 0 aliphatic rings. The summed E-state index contributed by atoms with van der Waals surface area (Å²) in [4.78, 5) is 16.1. The molecule has 92 valence electrons. The van der Waals surface area contributed by atoms with Gasteiger partial charge in [0.05, 0.1) is 0 Å². The molecule has 2 aromatic rings. The Balaban J connectivity index is 2.16. The fourth-order valence-corrected chi connectivity index (χ4v) is 1.51. The summed E-state index contributed by atoms with van der Waals surface area (Å²) >= 11 is 0. The van der Waals surface area contributed by atoms with Gasteiger partial charge in [-0.15, -0.1) is 0 Å². The Labute approximate surface area is 106 Å². The second kappa shape index (κ2) is 4.87. The molecule has 0 atom stereocenters. The van der Waals surface area contributed by atoms with Crippen LogP contribution in [0.3, 0.4) is 0 Å². The predicted octanol–water partition coefficient (Wildman–Crippen LogP) is 2.53. The monoisotopic (exact) mass is 241 g/mol. The maximum absolute atomic E-state index is 12.0. The zero-order chi connectivity index (χ0) is 13.1. The number of hydrogen-bond acceptors (Lipinski definition) is 3. The van der Waals surface area contributed by atoms with Crippen LogP contribution in [-0.2, 0) is 0 Å². The molecule has 1 aromatic heterocycles. The standard InChI is InChI=1S/C14H15N3O/c1-9-3-6-13(16-8-9)17-14(18)11-5-4-10(2)12(15)7-11/h3-8H,15H2,1-2H3,(H,16,17,18). The van der Waals surface area contributed by atoms with Gasteiger partial charge in [-0.05, 0) is 43.2 Å². The number of rotatable bonds is 2. The third-order valence-electron chi connectivity index (χ3n) is 2.69. The average molecular weight is 241 g/mol. The molecule has 0 radical (unpaired) electrons. The number of benzene rings is 1. The van der Waals surface area contributed by atoms with Gasteiger partial charge in [-0.2, -0.15) is 0 Å². The van der Waals surface area contributed by atoms with Crippen molar-refractivity contribution in [3.05, 3.63) is 53.2 Å². The normalized spacial score (nSPS) is 10.1. The van der Waals surface area contributed by atoms with Crippen LogP contribution < -0.4 is 11.1 Å². The predicted molar refractivity (Wildman–Crippen MR) is 72.5 cm³/mol. The number of nitrogens with zero attached hydrogens (tertiary/aromatic N) is 1. The third-order valence-corrected chi connectivity index (χ3v) is 2.69. The van der Waals surface area contributed by atoms with E-state index in [2.05, 4.69) is 10.3 Å². The van der Waals surface area contributed by atoms with Crippen molar-refractivity contribution in [3.8, 4) is 0 Å². The van der Waals surface area contributed by atoms with Crippen molar-refractivity contribution in [1.29, 1.82) is 0 Å². The van der Waals surface area contributed by atoms with Crippen molar-refractivity contribution >= 4 is 17.4 Å². The van der Waals surface area contributed by atoms with Gasteiger partial charge in [0.15, 0.2) is 0 Å². The maximum Gasteiger partial charge on any atom is 0.256 e. The van der Waals surface area contributed by atoms with Crippen molar-refractivity contribution in [2.24, 2.45) is 0 Å². The lowest BCUT2D eigenvalue weighted by Gasteiger charge is -2.06. The molecule has 0 saturated carbocycles. The fourth-order valence-electron chi connectivity index (χ4n) is 1.51. The lowest BCUT2D eigenvalue weighted by Crippen LogP contribution is -2.13. The Kier molecular flexibility index (Phi) is 3.28. The molecule has 3 N–H and O–H groups in total. The van der Waals surface area contributed by atoms with E-state index in [1.165, 1.54) is 0 Å². The van der Waals surface area contributed by atoms with E-state index in [0.717, 1.165) is 11.1 Å². The quantitative estimate of drug-likeness (QED) is 0.794. The Morgan fingerprint density at radius 1 is 1.22 bits per heavy atom. The highest BCUT2D eigenvalue weighted by molar-refractivity contribution is 6.04. The Morgan fingerprint density at radius 3 is 2.61 bits per heavy atom. The molecule has 4 nitrogen and oxygen atoms in total. The summed E-state index contributed by atoms with van der Waals surface area (Å²) in [5.74, 6) is 0.322. The second-order valence-electron chi connectivity index (χ2n) is 4.25. The lowest BCUT2D eigenvalue weighted by molar-refractivity contribution is 0.102. The van der Waals surface area contributed by atoms with Crippen LogP contribution >= 0.6 is 0 Å². The van der Waals surface area contributed by atoms with E-state index in [1.54, 1.807) is 24.4 Å². The van der Waals surface area contributed by atoms with Crippen molar-refractivity contribution in [1.82, 2.24) is 4.98 Å². The fraction of sp³-hybridized carbons (Fsp3) is 0.143. The molecule has 1 amide bonds. The first kappa shape index (κ1) is 12.1. The number of carbonyl (C=O) groups excluding carboxylic acids is 1. The first-order valence-corrected chi connectivity index (χ1v) is 5.66. The van der Waals surface area contributed by atoms with E-state index in [4.69, 9.17) is 5.73 Å². The van der Waals surface area contributed by atoms with E-state index >= 15 is 0 Å². The molecule has 0 spiro atoms. The molecule has 0 aliphatic heterocycles. The van der Waals surface area contributed by atoms with Crippen molar-refractivity contribution < 1.29 is 4.79 Å². The smallest absolute Gasteiger partial charge is 0.256 e. The van der Waals surface area contributed by atoms with Gasteiger partial charge in [-0.25, -0.2) is 4.98 Å². The SMILES string of the molecule is Cc1ccc(NC(=O)c2ccc(C)c(N)c2)nc1. The zero-order valence-corrected chi connectivity index (χ0v) is 10.4. The Bertz CT molecular complexity index is 576. The highest BCUT2D eigenvalue weighted by atomic mass is 16.1. The van der Waals surface area contributed by atoms with E-state index < -0.39 is 0 Å². The van der Waals surface area contributed by atoms with Crippen LogP contribution in [0.5, 0.6) is 0 Å². The Hall–Kier alpha value is -2.36. The first-order chi connectivity index (χ1) is 8.56. The minimum absolute atomic E-state index is 0.210. The largest absolute Gasteiger partial charge is 0.398 e. The molecule has 18 heavy (non-hydrogen) atoms. The minimum atomic E-state index is -0.210. The van der Waals surface area contributed by atoms with Crippen LogP contribution in [0.4, 0.5) is 11.5 Å². The molecule has 0 fully saturated rings. The van der Waals surface area contributed by atoms with Gasteiger partial charge in [-0.1, -0.05) is 12.1 Å². The Morgan fingerprint density at radius 2 is 2.00 bits per heavy atom. The van der Waals surface area contributed by atoms with Crippen LogP contribution in [0.15, 0.2) is 36.5 Å². The summed E-state index contributed by atoms with van der Waals surface area (Å²) in [7, 11) is 0. The molecule has 1 heterocycles. The lowest BCUT2D eigenvalue weighted by atomic mass is 10.1. The highest BCUT2D eigenvalue weighted by Crippen LogP contribution is 2.14.